The Morgan fingerprint density at radius 3 is 2.59 bits per heavy atom. The zero-order valence-electron chi connectivity index (χ0n) is 13.4. The van der Waals surface area contributed by atoms with E-state index in [9.17, 15) is 4.79 Å². The molecule has 1 aromatic carbocycles. The van der Waals surface area contributed by atoms with Gasteiger partial charge in [0.25, 0.3) is 5.91 Å². The number of nitrogens with zero attached hydrogens (tertiary/aromatic N) is 1. The van der Waals surface area contributed by atoms with Gasteiger partial charge in [-0.05, 0) is 62.4 Å². The summed E-state index contributed by atoms with van der Waals surface area (Å²) in [5, 5.41) is 2.94. The molecule has 0 aliphatic carbocycles. The summed E-state index contributed by atoms with van der Waals surface area (Å²) >= 11 is 0. The van der Waals surface area contributed by atoms with Gasteiger partial charge >= 0.3 is 0 Å². The number of likely N-dealkylation sites (tertiary alicyclic amines) is 1. The van der Waals surface area contributed by atoms with Gasteiger partial charge in [0.05, 0.1) is 0 Å². The van der Waals surface area contributed by atoms with Crippen LogP contribution in [0.4, 0.5) is 5.69 Å². The van der Waals surface area contributed by atoms with Gasteiger partial charge in [-0.25, -0.2) is 0 Å². The van der Waals surface area contributed by atoms with Gasteiger partial charge in [-0.15, -0.1) is 0 Å². The van der Waals surface area contributed by atoms with Crippen LogP contribution in [0.3, 0.4) is 0 Å². The van der Waals surface area contributed by atoms with Crippen molar-refractivity contribution in [2.24, 2.45) is 5.92 Å². The minimum Gasteiger partial charge on any atom is -0.368 e. The fourth-order valence-corrected chi connectivity index (χ4v) is 3.18. The third-order valence-electron chi connectivity index (χ3n) is 4.73. The summed E-state index contributed by atoms with van der Waals surface area (Å²) < 4.78 is 5.40. The fraction of sp³-hybridized carbons (Fsp3) is 0.611. The van der Waals surface area contributed by atoms with Crippen molar-refractivity contribution in [2.45, 2.75) is 45.3 Å². The lowest BCUT2D eigenvalue weighted by atomic mass is 9.99. The van der Waals surface area contributed by atoms with Crippen molar-refractivity contribution in [1.29, 1.82) is 0 Å². The molecule has 4 nitrogen and oxygen atoms in total. The van der Waals surface area contributed by atoms with Crippen LogP contribution in [0.15, 0.2) is 24.3 Å². The lowest BCUT2D eigenvalue weighted by molar-refractivity contribution is -0.124. The molecule has 1 aromatic rings. The molecule has 1 amide bonds. The van der Waals surface area contributed by atoms with E-state index in [2.05, 4.69) is 29.3 Å². The molecular weight excluding hydrogens is 276 g/mol. The van der Waals surface area contributed by atoms with Crippen LogP contribution < -0.4 is 5.32 Å². The average Bonchev–Trinajstić information content (AvgIpc) is 3.06. The van der Waals surface area contributed by atoms with Crippen LogP contribution in [0.25, 0.3) is 0 Å². The van der Waals surface area contributed by atoms with E-state index in [0.29, 0.717) is 6.61 Å². The first-order chi connectivity index (χ1) is 10.7. The van der Waals surface area contributed by atoms with Gasteiger partial charge in [-0.1, -0.05) is 19.1 Å². The smallest absolute Gasteiger partial charge is 0.253 e. The molecule has 2 aliphatic heterocycles. The average molecular weight is 302 g/mol. The second kappa shape index (κ2) is 7.25. The molecular formula is C18H26N2O2. The Hall–Kier alpha value is -1.39. The number of hydrogen-bond donors (Lipinski definition) is 1. The van der Waals surface area contributed by atoms with E-state index in [1.54, 1.807) is 0 Å². The Labute approximate surface area is 132 Å². The molecule has 2 heterocycles. The Balaban J connectivity index is 1.50. The van der Waals surface area contributed by atoms with Crippen LogP contribution in [0, 0.1) is 5.92 Å². The predicted octanol–water partition coefficient (Wildman–Crippen LogP) is 3.04. The first kappa shape index (κ1) is 15.5. The normalized spacial score (nSPS) is 23.6. The molecule has 0 radical (unpaired) electrons. The largest absolute Gasteiger partial charge is 0.368 e. The minimum absolute atomic E-state index is 0.0183. The minimum atomic E-state index is -0.269. The Bertz CT molecular complexity index is 486. The highest BCUT2D eigenvalue weighted by Gasteiger charge is 2.23. The van der Waals surface area contributed by atoms with Crippen LogP contribution in [0.2, 0.25) is 0 Å². The predicted molar refractivity (Wildman–Crippen MR) is 87.7 cm³/mol. The third-order valence-corrected chi connectivity index (χ3v) is 4.73. The Morgan fingerprint density at radius 1 is 1.23 bits per heavy atom. The highest BCUT2D eigenvalue weighted by molar-refractivity contribution is 5.94. The molecule has 120 valence electrons. The highest BCUT2D eigenvalue weighted by atomic mass is 16.5. The number of piperidine rings is 1. The summed E-state index contributed by atoms with van der Waals surface area (Å²) in [5.74, 6) is 0.849. The van der Waals surface area contributed by atoms with Crippen LogP contribution in [0.1, 0.15) is 38.2 Å². The quantitative estimate of drug-likeness (QED) is 0.929. The summed E-state index contributed by atoms with van der Waals surface area (Å²) in [6.45, 7) is 6.43. The maximum Gasteiger partial charge on any atom is 0.253 e. The van der Waals surface area contributed by atoms with Crippen molar-refractivity contribution in [3.63, 3.8) is 0 Å². The second-order valence-electron chi connectivity index (χ2n) is 6.65. The zero-order chi connectivity index (χ0) is 15.4. The van der Waals surface area contributed by atoms with E-state index in [-0.39, 0.29) is 12.0 Å². The van der Waals surface area contributed by atoms with Crippen molar-refractivity contribution in [1.82, 2.24) is 4.90 Å². The van der Waals surface area contributed by atoms with Crippen molar-refractivity contribution < 1.29 is 9.53 Å². The molecule has 2 saturated heterocycles. The molecule has 3 rings (SSSR count). The first-order valence-electron chi connectivity index (χ1n) is 8.44. The summed E-state index contributed by atoms with van der Waals surface area (Å²) in [5.41, 5.74) is 2.17. The van der Waals surface area contributed by atoms with Gasteiger partial charge in [0.2, 0.25) is 0 Å². The number of carbonyl (C=O) groups is 1. The third kappa shape index (κ3) is 4.08. The fourth-order valence-electron chi connectivity index (χ4n) is 3.18. The molecule has 0 unspecified atom stereocenters. The van der Waals surface area contributed by atoms with E-state index in [0.717, 1.165) is 31.0 Å². The van der Waals surface area contributed by atoms with Crippen LogP contribution in [0.5, 0.6) is 0 Å². The van der Waals surface area contributed by atoms with Crippen LogP contribution >= 0.6 is 0 Å². The van der Waals surface area contributed by atoms with Crippen molar-refractivity contribution in [2.75, 3.05) is 25.0 Å². The molecule has 0 aromatic heterocycles. The van der Waals surface area contributed by atoms with E-state index < -0.39 is 0 Å². The zero-order valence-corrected chi connectivity index (χ0v) is 13.4. The molecule has 0 spiro atoms. The van der Waals surface area contributed by atoms with Gasteiger partial charge in [0.15, 0.2) is 0 Å². The van der Waals surface area contributed by atoms with Gasteiger partial charge in [-0.2, -0.15) is 0 Å². The number of carbonyl (C=O) groups excluding carboxylic acids is 1. The van der Waals surface area contributed by atoms with Crippen LogP contribution in [-0.4, -0.2) is 36.6 Å². The number of nitrogens with one attached hydrogen (secondary N) is 1. The van der Waals surface area contributed by atoms with Gasteiger partial charge in [-0.3, -0.25) is 9.69 Å². The van der Waals surface area contributed by atoms with Crippen molar-refractivity contribution >= 4 is 11.6 Å². The summed E-state index contributed by atoms with van der Waals surface area (Å²) in [6.07, 6.45) is 4.14. The number of hydrogen-bond acceptors (Lipinski definition) is 3. The summed E-state index contributed by atoms with van der Waals surface area (Å²) in [7, 11) is 0. The number of amides is 1. The van der Waals surface area contributed by atoms with Crippen molar-refractivity contribution in [3.05, 3.63) is 29.8 Å². The Kier molecular flexibility index (Phi) is 5.11. The van der Waals surface area contributed by atoms with E-state index in [1.165, 1.54) is 31.5 Å². The standard InChI is InChI=1S/C18H26N2O2/c1-14-8-10-20(11-9-14)13-15-4-6-16(7-5-15)19-18(21)17-3-2-12-22-17/h4-7,14,17H,2-3,8-13H2,1H3,(H,19,21)/t17-/m1/s1. The first-order valence-corrected chi connectivity index (χ1v) is 8.44. The molecule has 2 aliphatic rings. The van der Waals surface area contributed by atoms with Crippen molar-refractivity contribution in [3.8, 4) is 0 Å². The number of ether oxygens (including phenoxy) is 1. The molecule has 2 fully saturated rings. The highest BCUT2D eigenvalue weighted by Crippen LogP contribution is 2.19. The molecule has 22 heavy (non-hydrogen) atoms. The molecule has 0 bridgehead atoms. The number of rotatable bonds is 4. The van der Waals surface area contributed by atoms with E-state index >= 15 is 0 Å². The molecule has 4 heteroatoms. The lowest BCUT2D eigenvalue weighted by Gasteiger charge is -2.30. The number of benzene rings is 1. The Morgan fingerprint density at radius 2 is 1.95 bits per heavy atom. The molecule has 0 saturated carbocycles. The lowest BCUT2D eigenvalue weighted by Crippen LogP contribution is -2.32. The van der Waals surface area contributed by atoms with Crippen LogP contribution in [-0.2, 0) is 16.1 Å². The maximum atomic E-state index is 12.0. The topological polar surface area (TPSA) is 41.6 Å². The molecule has 1 atom stereocenters. The van der Waals surface area contributed by atoms with Gasteiger partial charge in [0, 0.05) is 18.8 Å². The SMILES string of the molecule is CC1CCN(Cc2ccc(NC(=O)[C@H]3CCCO3)cc2)CC1. The van der Waals surface area contributed by atoms with Gasteiger partial charge < -0.3 is 10.1 Å². The van der Waals surface area contributed by atoms with E-state index in [1.807, 2.05) is 12.1 Å². The monoisotopic (exact) mass is 302 g/mol. The molecule has 1 N–H and O–H groups in total. The maximum absolute atomic E-state index is 12.0. The second-order valence-corrected chi connectivity index (χ2v) is 6.65. The summed E-state index contributed by atoms with van der Waals surface area (Å²) in [4.78, 5) is 14.5. The number of anilines is 1. The van der Waals surface area contributed by atoms with Gasteiger partial charge in [0.1, 0.15) is 6.10 Å². The summed E-state index contributed by atoms with van der Waals surface area (Å²) in [6, 6.07) is 8.22. The van der Waals surface area contributed by atoms with E-state index in [4.69, 9.17) is 4.74 Å².